The minimum absolute atomic E-state index is 0.195. The van der Waals surface area contributed by atoms with Gasteiger partial charge in [0.05, 0.1) is 13.7 Å². The van der Waals surface area contributed by atoms with Crippen molar-refractivity contribution in [2.24, 2.45) is 5.90 Å². The molecule has 3 heteroatoms. The van der Waals surface area contributed by atoms with Crippen LogP contribution in [-0.4, -0.2) is 13.7 Å². The lowest BCUT2D eigenvalue weighted by Crippen LogP contribution is -2.10. The minimum Gasteiger partial charge on any atom is -0.496 e. The molecule has 3 nitrogen and oxygen atoms in total. The smallest absolute Gasteiger partial charge is 0.123 e. The second-order valence-corrected chi connectivity index (χ2v) is 4.14. The summed E-state index contributed by atoms with van der Waals surface area (Å²) in [7, 11) is 1.68. The number of rotatable bonds is 4. The number of benzene rings is 2. The van der Waals surface area contributed by atoms with Crippen molar-refractivity contribution in [2.75, 3.05) is 13.7 Å². The summed E-state index contributed by atoms with van der Waals surface area (Å²) < 4.78 is 5.42. The fraction of sp³-hybridized carbons (Fsp3) is 0.286. The minimum atomic E-state index is 0.195. The van der Waals surface area contributed by atoms with Crippen LogP contribution in [0.15, 0.2) is 36.4 Å². The summed E-state index contributed by atoms with van der Waals surface area (Å²) >= 11 is 0. The van der Waals surface area contributed by atoms with Crippen LogP contribution in [0.5, 0.6) is 5.75 Å². The average molecular weight is 231 g/mol. The fourth-order valence-corrected chi connectivity index (χ4v) is 2.19. The van der Waals surface area contributed by atoms with Crippen molar-refractivity contribution in [3.05, 3.63) is 42.0 Å². The van der Waals surface area contributed by atoms with Crippen molar-refractivity contribution in [3.63, 3.8) is 0 Å². The van der Waals surface area contributed by atoms with E-state index in [1.165, 1.54) is 10.8 Å². The molecule has 0 amide bonds. The van der Waals surface area contributed by atoms with Gasteiger partial charge in [-0.1, -0.05) is 37.3 Å². The summed E-state index contributed by atoms with van der Waals surface area (Å²) in [5.41, 5.74) is 1.15. The van der Waals surface area contributed by atoms with Crippen LogP contribution in [0.25, 0.3) is 10.8 Å². The van der Waals surface area contributed by atoms with Crippen LogP contribution in [0.2, 0.25) is 0 Å². The van der Waals surface area contributed by atoms with Gasteiger partial charge in [0.2, 0.25) is 0 Å². The largest absolute Gasteiger partial charge is 0.496 e. The third kappa shape index (κ3) is 2.25. The van der Waals surface area contributed by atoms with Crippen LogP contribution in [0, 0.1) is 0 Å². The standard InChI is InChI=1S/C14H17NO2/c1-10(9-17-15)14-12-6-4-3-5-11(12)7-8-13(14)16-2/h3-8,10H,9,15H2,1-2H3. The molecular weight excluding hydrogens is 214 g/mol. The maximum atomic E-state index is 5.42. The maximum Gasteiger partial charge on any atom is 0.123 e. The molecule has 0 aliphatic heterocycles. The highest BCUT2D eigenvalue weighted by Gasteiger charge is 2.15. The summed E-state index contributed by atoms with van der Waals surface area (Å²) in [5, 5.41) is 2.39. The molecule has 0 bridgehead atoms. The van der Waals surface area contributed by atoms with Crippen LogP contribution < -0.4 is 10.6 Å². The first-order valence-corrected chi connectivity index (χ1v) is 5.65. The molecule has 1 atom stereocenters. The highest BCUT2D eigenvalue weighted by Crippen LogP contribution is 2.33. The van der Waals surface area contributed by atoms with Gasteiger partial charge in [0.1, 0.15) is 5.75 Å². The van der Waals surface area contributed by atoms with Gasteiger partial charge in [-0.2, -0.15) is 0 Å². The molecule has 2 rings (SSSR count). The molecule has 2 N–H and O–H groups in total. The normalized spacial score (nSPS) is 12.6. The molecule has 0 fully saturated rings. The Morgan fingerprint density at radius 2 is 1.94 bits per heavy atom. The van der Waals surface area contributed by atoms with Gasteiger partial charge in [0, 0.05) is 11.5 Å². The van der Waals surface area contributed by atoms with Gasteiger partial charge < -0.3 is 9.57 Å². The van der Waals surface area contributed by atoms with E-state index in [9.17, 15) is 0 Å². The van der Waals surface area contributed by atoms with Crippen molar-refractivity contribution in [3.8, 4) is 5.75 Å². The Morgan fingerprint density at radius 1 is 1.18 bits per heavy atom. The number of fused-ring (bicyclic) bond motifs is 1. The van der Waals surface area contributed by atoms with E-state index < -0.39 is 0 Å². The lowest BCUT2D eigenvalue weighted by atomic mass is 9.94. The number of methoxy groups -OCH3 is 1. The topological polar surface area (TPSA) is 44.5 Å². The molecule has 0 saturated heterocycles. The highest BCUT2D eigenvalue weighted by atomic mass is 16.6. The Morgan fingerprint density at radius 3 is 2.65 bits per heavy atom. The summed E-state index contributed by atoms with van der Waals surface area (Å²) in [6, 6.07) is 12.3. The molecule has 0 heterocycles. The van der Waals surface area contributed by atoms with Crippen LogP contribution in [0.4, 0.5) is 0 Å². The monoisotopic (exact) mass is 231 g/mol. The van der Waals surface area contributed by atoms with Crippen LogP contribution >= 0.6 is 0 Å². The molecular formula is C14H17NO2. The van der Waals surface area contributed by atoms with Crippen molar-refractivity contribution >= 4 is 10.8 Å². The molecule has 0 aliphatic rings. The zero-order valence-corrected chi connectivity index (χ0v) is 10.1. The number of hydrogen-bond donors (Lipinski definition) is 1. The second-order valence-electron chi connectivity index (χ2n) is 4.14. The third-order valence-electron chi connectivity index (χ3n) is 2.99. The van der Waals surface area contributed by atoms with E-state index in [0.717, 1.165) is 11.3 Å². The van der Waals surface area contributed by atoms with Crippen LogP contribution in [-0.2, 0) is 4.84 Å². The van der Waals surface area contributed by atoms with Gasteiger partial charge >= 0.3 is 0 Å². The van der Waals surface area contributed by atoms with Gasteiger partial charge in [-0.25, -0.2) is 5.90 Å². The lowest BCUT2D eigenvalue weighted by Gasteiger charge is -2.17. The zero-order chi connectivity index (χ0) is 12.3. The summed E-state index contributed by atoms with van der Waals surface area (Å²) in [6.07, 6.45) is 0. The van der Waals surface area contributed by atoms with E-state index in [1.54, 1.807) is 7.11 Å². The third-order valence-corrected chi connectivity index (χ3v) is 2.99. The SMILES string of the molecule is COc1ccc2ccccc2c1C(C)CON. The molecule has 0 radical (unpaired) electrons. The van der Waals surface area contributed by atoms with Crippen molar-refractivity contribution in [1.29, 1.82) is 0 Å². The fourth-order valence-electron chi connectivity index (χ4n) is 2.19. The van der Waals surface area contributed by atoms with Gasteiger partial charge in [0.15, 0.2) is 0 Å². The quantitative estimate of drug-likeness (QED) is 0.823. The van der Waals surface area contributed by atoms with Gasteiger partial charge in [-0.3, -0.25) is 0 Å². The first-order valence-electron chi connectivity index (χ1n) is 5.65. The zero-order valence-electron chi connectivity index (χ0n) is 10.1. The van der Waals surface area contributed by atoms with Gasteiger partial charge in [-0.05, 0) is 16.8 Å². The first kappa shape index (κ1) is 11.9. The first-order chi connectivity index (χ1) is 8.27. The van der Waals surface area contributed by atoms with E-state index in [2.05, 4.69) is 25.1 Å². The van der Waals surface area contributed by atoms with E-state index in [0.29, 0.717) is 6.61 Å². The molecule has 17 heavy (non-hydrogen) atoms. The Hall–Kier alpha value is -1.58. The van der Waals surface area contributed by atoms with Crippen LogP contribution in [0.1, 0.15) is 18.4 Å². The summed E-state index contributed by atoms with van der Waals surface area (Å²) in [4.78, 5) is 4.75. The molecule has 2 aromatic carbocycles. The van der Waals surface area contributed by atoms with Crippen molar-refractivity contribution in [1.82, 2.24) is 0 Å². The van der Waals surface area contributed by atoms with E-state index in [-0.39, 0.29) is 5.92 Å². The van der Waals surface area contributed by atoms with E-state index in [4.69, 9.17) is 15.5 Å². The molecule has 0 aromatic heterocycles. The molecule has 0 spiro atoms. The van der Waals surface area contributed by atoms with Gasteiger partial charge in [-0.15, -0.1) is 0 Å². The second kappa shape index (κ2) is 5.17. The highest BCUT2D eigenvalue weighted by molar-refractivity contribution is 5.88. The predicted molar refractivity (Wildman–Crippen MR) is 69.1 cm³/mol. The molecule has 0 saturated carbocycles. The predicted octanol–water partition coefficient (Wildman–Crippen LogP) is 2.84. The summed E-state index contributed by atoms with van der Waals surface area (Å²) in [6.45, 7) is 2.56. The molecule has 90 valence electrons. The molecule has 0 aliphatic carbocycles. The van der Waals surface area contributed by atoms with E-state index in [1.807, 2.05) is 18.2 Å². The summed E-state index contributed by atoms with van der Waals surface area (Å²) in [5.74, 6) is 6.24. The number of hydrogen-bond acceptors (Lipinski definition) is 3. The average Bonchev–Trinajstić information content (AvgIpc) is 2.37. The Bertz CT molecular complexity index is 511. The van der Waals surface area contributed by atoms with E-state index >= 15 is 0 Å². The van der Waals surface area contributed by atoms with Crippen molar-refractivity contribution in [2.45, 2.75) is 12.8 Å². The molecule has 1 unspecified atom stereocenters. The Balaban J connectivity index is 2.62. The Kier molecular flexibility index (Phi) is 3.61. The Labute approximate surface area is 101 Å². The maximum absolute atomic E-state index is 5.42. The van der Waals surface area contributed by atoms with Crippen molar-refractivity contribution < 1.29 is 9.57 Å². The number of nitrogens with two attached hydrogens (primary N) is 1. The van der Waals surface area contributed by atoms with Crippen LogP contribution in [0.3, 0.4) is 0 Å². The molecule has 2 aromatic rings. The van der Waals surface area contributed by atoms with Gasteiger partial charge in [0.25, 0.3) is 0 Å². The lowest BCUT2D eigenvalue weighted by molar-refractivity contribution is 0.126. The number of ether oxygens (including phenoxy) is 1.